The van der Waals surface area contributed by atoms with Crippen LogP contribution in [0.3, 0.4) is 0 Å². The van der Waals surface area contributed by atoms with Gasteiger partial charge in [-0.1, -0.05) is 76.2 Å². The summed E-state index contributed by atoms with van der Waals surface area (Å²) in [5.41, 5.74) is 9.75. The molecule has 0 radical (unpaired) electrons. The van der Waals surface area contributed by atoms with Gasteiger partial charge in [0, 0.05) is 99.9 Å². The van der Waals surface area contributed by atoms with E-state index in [2.05, 4.69) is 199 Å². The molecule has 24 nitrogen and oxygen atoms in total. The smallest absolute Gasteiger partial charge is 0.398 e. The van der Waals surface area contributed by atoms with E-state index in [4.69, 9.17) is 27.8 Å². The molecule has 8 heterocycles. The Kier molecular flexibility index (Phi) is 19.5. The van der Waals surface area contributed by atoms with E-state index >= 15 is 0 Å². The number of benzene rings is 6. The second-order valence-corrected chi connectivity index (χ2v) is 26.3. The van der Waals surface area contributed by atoms with E-state index in [1.165, 1.54) is 81.1 Å². The number of anilines is 2. The summed E-state index contributed by atoms with van der Waals surface area (Å²) >= 11 is 0. The van der Waals surface area contributed by atoms with Crippen LogP contribution >= 0.6 is 0 Å². The van der Waals surface area contributed by atoms with Gasteiger partial charge < -0.3 is 37.6 Å². The Hall–Kier alpha value is -11.0. The van der Waals surface area contributed by atoms with Gasteiger partial charge in [-0.15, -0.1) is 20.5 Å². The van der Waals surface area contributed by atoms with Gasteiger partial charge in [0.1, 0.15) is 11.4 Å². The molecule has 4 aromatic heterocycles. The number of azo groups is 2. The zero-order valence-electron chi connectivity index (χ0n) is 57.1. The minimum absolute atomic E-state index is 0.0310. The molecule has 24 heteroatoms. The summed E-state index contributed by atoms with van der Waals surface area (Å²) in [5, 5.41) is 49.1. The zero-order valence-corrected chi connectivity index (χ0v) is 57.1. The van der Waals surface area contributed by atoms with Gasteiger partial charge in [-0.2, -0.15) is 19.3 Å². The number of fused-ring (bicyclic) bond motifs is 6. The molecule has 6 aromatic carbocycles. The maximum atomic E-state index is 11.6. The molecule has 4 atom stereocenters. The molecular formula is C75H82N14O10+2. The molecule has 4 unspecified atom stereocenters. The number of piperidine rings is 2. The number of hydrogen-bond donors (Lipinski definition) is 0. The highest BCUT2D eigenvalue weighted by Crippen LogP contribution is 2.47. The van der Waals surface area contributed by atoms with Gasteiger partial charge in [-0.05, 0) is 149 Å². The first-order valence-electron chi connectivity index (χ1n) is 34.2. The van der Waals surface area contributed by atoms with E-state index in [1.54, 1.807) is 13.8 Å². The third-order valence-electron chi connectivity index (χ3n) is 18.3. The normalized spacial score (nSPS) is 18.9. The van der Waals surface area contributed by atoms with Gasteiger partial charge in [0.2, 0.25) is 11.2 Å². The quantitative estimate of drug-likeness (QED) is 0.0356. The van der Waals surface area contributed by atoms with E-state index in [0.29, 0.717) is 24.5 Å². The molecule has 14 rings (SSSR count). The molecule has 4 aliphatic heterocycles. The van der Waals surface area contributed by atoms with Gasteiger partial charge in [-0.25, -0.2) is 9.36 Å². The maximum absolute atomic E-state index is 11.6. The van der Waals surface area contributed by atoms with Crippen LogP contribution in [0.25, 0.3) is 46.5 Å². The van der Waals surface area contributed by atoms with Crippen LogP contribution in [0.2, 0.25) is 0 Å². The molecule has 0 bridgehead atoms. The van der Waals surface area contributed by atoms with Crippen molar-refractivity contribution in [2.45, 2.75) is 126 Å². The first kappa shape index (κ1) is 66.6. The van der Waals surface area contributed by atoms with Gasteiger partial charge in [0.05, 0.1) is 33.4 Å². The van der Waals surface area contributed by atoms with Gasteiger partial charge >= 0.3 is 17.9 Å². The molecule has 4 aliphatic rings. The van der Waals surface area contributed by atoms with Crippen LogP contribution in [-0.2, 0) is 26.2 Å². The van der Waals surface area contributed by atoms with E-state index in [9.17, 15) is 20.2 Å². The molecule has 510 valence electrons. The average molecular weight is 1340 g/mol. The maximum Gasteiger partial charge on any atom is 0.613 e. The van der Waals surface area contributed by atoms with Crippen molar-refractivity contribution in [2.75, 3.05) is 36.0 Å². The predicted molar refractivity (Wildman–Crippen MR) is 377 cm³/mol. The van der Waals surface area contributed by atoms with Crippen LogP contribution in [0.15, 0.2) is 163 Å². The lowest BCUT2D eigenvalue weighted by molar-refractivity contribution is -0.680. The van der Waals surface area contributed by atoms with Crippen LogP contribution in [-0.4, -0.2) is 61.7 Å². The minimum atomic E-state index is -2.57. The van der Waals surface area contributed by atoms with Crippen molar-refractivity contribution in [3.05, 3.63) is 188 Å². The SMILES string of the molecule is CC1CC(C)CN(c2ccc(/C=C/c3oc4ccccc4[n+]3CCCCCC[n+]3c(/C=C/c4ccc(N5CC(C)CC(C)C5)cc4)oc4ccccc43)cc2)C1.CCn1nc(C)c2c1OC1(Oc3ccc([N+](=O)[O-])cc3N=N2)Oc2ccc([N+](=O)[O-])cc2N=Nc2c(C)nn(CC)c2O1. The third-order valence-corrected chi connectivity index (χ3v) is 18.3. The lowest BCUT2D eigenvalue weighted by Gasteiger charge is -2.36. The molecule has 99 heavy (non-hydrogen) atoms. The fourth-order valence-electron chi connectivity index (χ4n) is 13.8. The fraction of sp³-hybridized carbons (Fsp3) is 0.360. The average Bonchev–Trinajstić information content (AvgIpc) is 1.65. The molecule has 0 saturated carbocycles. The molecular weight excluding hydrogens is 1260 g/mol. The van der Waals surface area contributed by atoms with Crippen molar-refractivity contribution < 1.29 is 46.8 Å². The molecule has 1 spiro atoms. The fourth-order valence-corrected chi connectivity index (χ4v) is 13.8. The van der Waals surface area contributed by atoms with E-state index in [1.807, 2.05) is 13.8 Å². The number of unbranched alkanes of at least 4 members (excludes halogenated alkanes) is 3. The Balaban J connectivity index is 0.000000184. The van der Waals surface area contributed by atoms with E-state index < -0.39 is 16.0 Å². The van der Waals surface area contributed by atoms with Crippen LogP contribution in [0, 0.1) is 57.7 Å². The summed E-state index contributed by atoms with van der Waals surface area (Å²) in [6.45, 7) is 23.5. The van der Waals surface area contributed by atoms with Crippen LogP contribution in [0.4, 0.5) is 45.5 Å². The Morgan fingerprint density at radius 1 is 0.505 bits per heavy atom. The highest BCUT2D eigenvalue weighted by Gasteiger charge is 2.50. The number of aromatic nitrogens is 6. The van der Waals surface area contributed by atoms with Crippen molar-refractivity contribution in [1.29, 1.82) is 0 Å². The Labute approximate surface area is 573 Å². The second kappa shape index (κ2) is 29.0. The number of non-ortho nitro benzene ring substituents is 2. The summed E-state index contributed by atoms with van der Waals surface area (Å²) in [7, 11) is 0. The lowest BCUT2D eigenvalue weighted by atomic mass is 9.91. The predicted octanol–water partition coefficient (Wildman–Crippen LogP) is 17.6. The second-order valence-electron chi connectivity index (χ2n) is 26.3. The Bertz CT molecular complexity index is 4400. The van der Waals surface area contributed by atoms with Crippen molar-refractivity contribution >= 4 is 92.0 Å². The van der Waals surface area contributed by atoms with Crippen molar-refractivity contribution in [1.82, 2.24) is 19.6 Å². The largest absolute Gasteiger partial charge is 0.613 e. The van der Waals surface area contributed by atoms with Gasteiger partial charge in [0.25, 0.3) is 34.2 Å². The number of hydrogen-bond acceptors (Lipinski definition) is 18. The topological polar surface area (TPSA) is 249 Å². The monoisotopic (exact) mass is 1340 g/mol. The Morgan fingerprint density at radius 2 is 0.899 bits per heavy atom. The number of ether oxygens (including phenoxy) is 4. The number of oxazole rings is 2. The molecule has 10 aromatic rings. The van der Waals surface area contributed by atoms with Gasteiger partial charge in [0.15, 0.2) is 36.0 Å². The van der Waals surface area contributed by atoms with Crippen LogP contribution < -0.4 is 37.9 Å². The van der Waals surface area contributed by atoms with Gasteiger partial charge in [-0.3, -0.25) is 20.2 Å². The minimum Gasteiger partial charge on any atom is -0.398 e. The molecule has 0 aliphatic carbocycles. The summed E-state index contributed by atoms with van der Waals surface area (Å²) in [4.78, 5) is 27.1. The molecule has 0 N–H and O–H groups in total. The van der Waals surface area contributed by atoms with E-state index in [-0.39, 0.29) is 57.4 Å². The Morgan fingerprint density at radius 3 is 1.28 bits per heavy atom. The number of rotatable bonds is 17. The number of aryl methyl sites for hydroxylation is 6. The summed E-state index contributed by atoms with van der Waals surface area (Å²) in [6.07, 6.45) is 13.2. The first-order chi connectivity index (χ1) is 48.0. The third kappa shape index (κ3) is 14.8. The van der Waals surface area contributed by atoms with Crippen molar-refractivity contribution in [3.8, 4) is 23.3 Å². The highest BCUT2D eigenvalue weighted by molar-refractivity contribution is 5.74. The summed E-state index contributed by atoms with van der Waals surface area (Å²) < 4.78 is 45.8. The van der Waals surface area contributed by atoms with E-state index in [0.717, 1.165) is 123 Å². The van der Waals surface area contributed by atoms with Crippen LogP contribution in [0.1, 0.15) is 114 Å². The number of nitro groups is 2. The molecule has 2 fully saturated rings. The molecule has 0 amide bonds. The number of nitrogens with zero attached hydrogens (tertiary/aromatic N) is 14. The summed E-state index contributed by atoms with van der Waals surface area (Å²) in [5.74, 6) is 4.70. The van der Waals surface area contributed by atoms with Crippen molar-refractivity contribution in [3.63, 3.8) is 0 Å². The molecule has 2 saturated heterocycles. The number of nitro benzene ring substituents is 2. The highest BCUT2D eigenvalue weighted by atomic mass is 17.0. The zero-order chi connectivity index (χ0) is 68.9. The summed E-state index contributed by atoms with van der Waals surface area (Å²) in [6, 6.07) is 42.2. The van der Waals surface area contributed by atoms with Crippen LogP contribution in [0.5, 0.6) is 23.3 Å². The number of para-hydroxylation sites is 4. The standard InChI is InChI=1S/C50H60N4O2.C25H22N10O8/c1-37-31-38(2)34-51(33-37)43-23-17-41(18-24-43)21-27-49-53(45-13-7-9-15-47(45)55-49)29-11-5-6-12-30-54-46-14-8-10-16-48(46)56-50(54)28-22-42-19-25-44(26-20-42)52-35-39(3)32-40(4)36-52;1-5-32-23-21(13(3)30-32)28-26-17-11-15(34(36)37)7-9-19(17)40-25(42-23)41-20-10-8-16(35(38)39)12-18(20)27-29-22-14(4)31-33(6-2)24(22)43-25/h7-10,13-28,37-40H,5-6,11-12,29-36H2,1-4H3;7-12H,5-6H2,1-4H3/q+2;. The van der Waals surface area contributed by atoms with Crippen molar-refractivity contribution in [2.24, 2.45) is 44.1 Å². The first-order valence-corrected chi connectivity index (χ1v) is 34.2. The lowest BCUT2D eigenvalue weighted by Crippen LogP contribution is -2.54.